The number of nitrogens with one attached hydrogen (secondary N) is 1. The minimum Gasteiger partial charge on any atom is -0.329 e. The van der Waals surface area contributed by atoms with Gasteiger partial charge in [0.15, 0.2) is 0 Å². The molecule has 0 aliphatic rings. The maximum Gasteiger partial charge on any atom is 0.283 e. The summed E-state index contributed by atoms with van der Waals surface area (Å²) in [6, 6.07) is 0. The maximum atomic E-state index is 11.1. The molecule has 0 heterocycles. The van der Waals surface area contributed by atoms with Crippen molar-refractivity contribution in [3.05, 3.63) is 0 Å². The van der Waals surface area contributed by atoms with Crippen molar-refractivity contribution >= 4 is 20.2 Å². The van der Waals surface area contributed by atoms with Crippen LogP contribution in [0.4, 0.5) is 0 Å². The lowest BCUT2D eigenvalue weighted by atomic mass is 10.6. The van der Waals surface area contributed by atoms with Crippen molar-refractivity contribution in [2.75, 3.05) is 31.1 Å². The van der Waals surface area contributed by atoms with Crippen molar-refractivity contribution in [2.24, 2.45) is 5.73 Å². The molecule has 0 atom stereocenters. The number of hydrogen-bond donors (Lipinski definition) is 2. The van der Waals surface area contributed by atoms with Gasteiger partial charge in [-0.25, -0.2) is 0 Å². The molecule has 0 bridgehead atoms. The van der Waals surface area contributed by atoms with Crippen molar-refractivity contribution in [3.63, 3.8) is 0 Å². The minimum absolute atomic E-state index is 0.110. The van der Waals surface area contributed by atoms with E-state index >= 15 is 0 Å². The lowest BCUT2D eigenvalue weighted by Crippen LogP contribution is -2.29. The van der Waals surface area contributed by atoms with E-state index in [0.29, 0.717) is 13.1 Å². The molecule has 0 aromatic heterocycles. The number of nitrogens with two attached hydrogens (primary N) is 1. The Morgan fingerprint density at radius 2 is 1.73 bits per heavy atom. The fraction of sp³-hybridized carbons (Fsp3) is 1.00. The largest absolute Gasteiger partial charge is 0.329 e. The van der Waals surface area contributed by atoms with Crippen LogP contribution in [-0.2, 0) is 23.9 Å². The molecule has 0 aromatic carbocycles. The second kappa shape index (κ2) is 6.38. The molecule has 0 saturated carbocycles. The Bertz CT molecular complexity index is 361. The summed E-state index contributed by atoms with van der Waals surface area (Å²) < 4.78 is 47.9. The van der Waals surface area contributed by atoms with Crippen LogP contribution >= 0.6 is 0 Å². The summed E-state index contributed by atoms with van der Waals surface area (Å²) in [4.78, 5) is 0. The van der Waals surface area contributed by atoms with Crippen LogP contribution in [0.1, 0.15) is 6.92 Å². The molecule has 0 amide bonds. The molecule has 0 aliphatic heterocycles. The van der Waals surface area contributed by atoms with Crippen LogP contribution in [0.3, 0.4) is 0 Å². The molecule has 9 heteroatoms. The molecule has 0 aromatic rings. The van der Waals surface area contributed by atoms with Gasteiger partial charge in [-0.15, -0.1) is 3.63 Å². The minimum atomic E-state index is -4.02. The highest BCUT2D eigenvalue weighted by Crippen LogP contribution is 2.01. The molecule has 0 rings (SSSR count). The smallest absolute Gasteiger partial charge is 0.283 e. The molecule has 3 N–H and O–H groups in total. The highest BCUT2D eigenvalue weighted by molar-refractivity contribution is 7.99. The van der Waals surface area contributed by atoms with Gasteiger partial charge in [0.25, 0.3) is 20.2 Å². The van der Waals surface area contributed by atoms with Crippen molar-refractivity contribution in [3.8, 4) is 0 Å². The average Bonchev–Trinajstić information content (AvgIpc) is 2.11. The Labute approximate surface area is 90.2 Å². The van der Waals surface area contributed by atoms with Crippen LogP contribution in [0.15, 0.2) is 0 Å². The van der Waals surface area contributed by atoms with Crippen molar-refractivity contribution < 1.29 is 20.5 Å². The van der Waals surface area contributed by atoms with Crippen LogP contribution in [0.2, 0.25) is 0 Å². The van der Waals surface area contributed by atoms with Crippen LogP contribution in [0, 0.1) is 0 Å². The second-order valence-corrected chi connectivity index (χ2v) is 6.48. The third kappa shape index (κ3) is 7.68. The molecule has 92 valence electrons. The fourth-order valence-electron chi connectivity index (χ4n) is 0.664. The molecule has 15 heavy (non-hydrogen) atoms. The van der Waals surface area contributed by atoms with Gasteiger partial charge in [-0.3, -0.25) is 0 Å². The summed E-state index contributed by atoms with van der Waals surface area (Å²) >= 11 is 0. The maximum absolute atomic E-state index is 11.1. The predicted octanol–water partition coefficient (Wildman–Crippen LogP) is -1.77. The number of rotatable bonds is 8. The summed E-state index contributed by atoms with van der Waals surface area (Å²) in [5.74, 6) is -0.769. The molecule has 0 saturated heterocycles. The first-order valence-electron chi connectivity index (χ1n) is 4.40. The first-order chi connectivity index (χ1) is 6.83. The normalized spacial score (nSPS) is 12.9. The van der Waals surface area contributed by atoms with Gasteiger partial charge < -0.3 is 11.1 Å². The molecule has 0 radical (unpaired) electrons. The van der Waals surface area contributed by atoms with Gasteiger partial charge in [0.2, 0.25) is 0 Å². The van der Waals surface area contributed by atoms with E-state index in [1.165, 1.54) is 6.92 Å². The number of hydrogen-bond acceptors (Lipinski definition) is 7. The Morgan fingerprint density at radius 3 is 2.20 bits per heavy atom. The van der Waals surface area contributed by atoms with Crippen LogP contribution in [0.25, 0.3) is 0 Å². The van der Waals surface area contributed by atoms with Crippen molar-refractivity contribution in [1.29, 1.82) is 0 Å². The topological polar surface area (TPSA) is 116 Å². The van der Waals surface area contributed by atoms with E-state index < -0.39 is 26.0 Å². The quantitative estimate of drug-likeness (QED) is 0.496. The highest BCUT2D eigenvalue weighted by atomic mass is 32.3. The summed E-state index contributed by atoms with van der Waals surface area (Å²) in [7, 11) is -7.98. The molecular weight excluding hydrogens is 244 g/mol. The van der Waals surface area contributed by atoms with Crippen LogP contribution in [-0.4, -0.2) is 48.0 Å². The fourth-order valence-corrected chi connectivity index (χ4v) is 2.98. The lowest BCUT2D eigenvalue weighted by molar-refractivity contribution is 0.461. The molecule has 0 unspecified atom stereocenters. The Kier molecular flexibility index (Phi) is 6.29. The van der Waals surface area contributed by atoms with Gasteiger partial charge in [-0.05, 0) is 6.92 Å². The second-order valence-electron chi connectivity index (χ2n) is 2.71. The average molecular weight is 260 g/mol. The molecule has 0 fully saturated rings. The first kappa shape index (κ1) is 14.8. The van der Waals surface area contributed by atoms with E-state index in [1.54, 1.807) is 0 Å². The Hall–Kier alpha value is -0.220. The van der Waals surface area contributed by atoms with Gasteiger partial charge in [0.05, 0.1) is 11.5 Å². The van der Waals surface area contributed by atoms with Crippen LogP contribution in [0.5, 0.6) is 0 Å². The molecular formula is C6H16N2O5S2. The van der Waals surface area contributed by atoms with Gasteiger partial charge in [0.1, 0.15) is 0 Å². The molecule has 7 nitrogen and oxygen atoms in total. The molecule has 0 aliphatic carbocycles. The van der Waals surface area contributed by atoms with Gasteiger partial charge in [-0.2, -0.15) is 16.8 Å². The zero-order valence-corrected chi connectivity index (χ0v) is 10.1. The monoisotopic (exact) mass is 260 g/mol. The van der Waals surface area contributed by atoms with E-state index in [-0.39, 0.29) is 12.3 Å². The summed E-state index contributed by atoms with van der Waals surface area (Å²) in [5.41, 5.74) is 5.16. The SMILES string of the molecule is CCS(=O)(=O)OS(=O)(=O)CCNCCN. The third-order valence-electron chi connectivity index (χ3n) is 1.41. The predicted molar refractivity (Wildman–Crippen MR) is 56.3 cm³/mol. The first-order valence-corrected chi connectivity index (χ1v) is 7.55. The van der Waals surface area contributed by atoms with E-state index in [0.717, 1.165) is 0 Å². The van der Waals surface area contributed by atoms with E-state index in [9.17, 15) is 16.8 Å². The zero-order chi connectivity index (χ0) is 11.9. The zero-order valence-electron chi connectivity index (χ0n) is 8.47. The Balaban J connectivity index is 4.10. The van der Waals surface area contributed by atoms with Crippen molar-refractivity contribution in [1.82, 2.24) is 5.32 Å². The summed E-state index contributed by atoms with van der Waals surface area (Å²) in [5, 5.41) is 2.72. The lowest BCUT2D eigenvalue weighted by Gasteiger charge is -2.05. The van der Waals surface area contributed by atoms with Crippen LogP contribution < -0.4 is 11.1 Å². The Morgan fingerprint density at radius 1 is 1.13 bits per heavy atom. The van der Waals surface area contributed by atoms with E-state index in [4.69, 9.17) is 5.73 Å². The summed E-state index contributed by atoms with van der Waals surface area (Å²) in [6.45, 7) is 2.26. The molecule has 0 spiro atoms. The van der Waals surface area contributed by atoms with Gasteiger partial charge in [-0.1, -0.05) is 0 Å². The van der Waals surface area contributed by atoms with Gasteiger partial charge in [0, 0.05) is 19.6 Å². The van der Waals surface area contributed by atoms with Crippen molar-refractivity contribution in [2.45, 2.75) is 6.92 Å². The van der Waals surface area contributed by atoms with E-state index in [1.807, 2.05) is 0 Å². The standard InChI is InChI=1S/C6H16N2O5S2/c1-2-14(9,10)13-15(11,12)6-5-8-4-3-7/h8H,2-7H2,1H3. The third-order valence-corrected chi connectivity index (χ3v) is 4.48. The highest BCUT2D eigenvalue weighted by Gasteiger charge is 2.20. The summed E-state index contributed by atoms with van der Waals surface area (Å²) in [6.07, 6.45) is 0. The van der Waals surface area contributed by atoms with Gasteiger partial charge >= 0.3 is 0 Å². The van der Waals surface area contributed by atoms with E-state index in [2.05, 4.69) is 8.95 Å².